The Kier molecular flexibility index (Phi) is 4.02. The smallest absolute Gasteiger partial charge is 0.335 e. The van der Waals surface area contributed by atoms with Crippen LogP contribution in [0.2, 0.25) is 0 Å². The molecular formula is C10H8F3N5O2S. The van der Waals surface area contributed by atoms with Crippen molar-refractivity contribution in [1.82, 2.24) is 14.9 Å². The van der Waals surface area contributed by atoms with Gasteiger partial charge in [-0.25, -0.2) is 4.68 Å². The van der Waals surface area contributed by atoms with Crippen molar-refractivity contribution in [2.24, 2.45) is 0 Å². The van der Waals surface area contributed by atoms with E-state index in [4.69, 9.17) is 5.84 Å². The first-order valence-electron chi connectivity index (χ1n) is 5.43. The van der Waals surface area contributed by atoms with Crippen LogP contribution < -0.4 is 5.84 Å². The summed E-state index contributed by atoms with van der Waals surface area (Å²) in [7, 11) is 0. The monoisotopic (exact) mass is 319 g/mol. The van der Waals surface area contributed by atoms with Crippen molar-refractivity contribution in [3.8, 4) is 0 Å². The van der Waals surface area contributed by atoms with Crippen LogP contribution in [0.15, 0.2) is 29.4 Å². The number of non-ortho nitro benzene ring substituents is 1. The molecule has 0 amide bonds. The van der Waals surface area contributed by atoms with Gasteiger partial charge in [-0.15, -0.1) is 10.2 Å². The molecule has 0 spiro atoms. The number of nitrogens with two attached hydrogens (primary N) is 1. The van der Waals surface area contributed by atoms with Crippen molar-refractivity contribution in [3.63, 3.8) is 0 Å². The Morgan fingerprint density at radius 1 is 1.29 bits per heavy atom. The van der Waals surface area contributed by atoms with E-state index in [0.717, 1.165) is 11.8 Å². The van der Waals surface area contributed by atoms with Crippen LogP contribution in [0.4, 0.5) is 18.9 Å². The van der Waals surface area contributed by atoms with Crippen molar-refractivity contribution >= 4 is 17.4 Å². The number of nitro groups is 1. The molecule has 0 aliphatic rings. The molecule has 0 aliphatic carbocycles. The lowest BCUT2D eigenvalue weighted by Gasteiger charge is -2.06. The number of rotatable bonds is 4. The predicted molar refractivity (Wildman–Crippen MR) is 67.8 cm³/mol. The summed E-state index contributed by atoms with van der Waals surface area (Å²) in [5.41, 5.74) is 0.618. The minimum absolute atomic E-state index is 0.0647. The van der Waals surface area contributed by atoms with Crippen LogP contribution in [0.1, 0.15) is 11.4 Å². The van der Waals surface area contributed by atoms with E-state index in [-0.39, 0.29) is 16.6 Å². The van der Waals surface area contributed by atoms with Gasteiger partial charge in [-0.2, -0.15) is 13.2 Å². The third-order valence-corrected chi connectivity index (χ3v) is 3.45. The number of hydrogen-bond donors (Lipinski definition) is 1. The molecule has 1 aromatic carbocycles. The average Bonchev–Trinajstić information content (AvgIpc) is 2.78. The van der Waals surface area contributed by atoms with Crippen molar-refractivity contribution < 1.29 is 18.1 Å². The summed E-state index contributed by atoms with van der Waals surface area (Å²) in [6.45, 7) is 0. The number of benzene rings is 1. The summed E-state index contributed by atoms with van der Waals surface area (Å²) in [4.78, 5) is 9.95. The molecule has 0 fully saturated rings. The molecule has 2 aromatic rings. The molecule has 21 heavy (non-hydrogen) atoms. The van der Waals surface area contributed by atoms with E-state index in [9.17, 15) is 23.3 Å². The van der Waals surface area contributed by atoms with E-state index in [1.807, 2.05) is 0 Å². The Hall–Kier alpha value is -2.30. The first-order valence-corrected chi connectivity index (χ1v) is 6.41. The molecule has 1 aromatic heterocycles. The van der Waals surface area contributed by atoms with Gasteiger partial charge in [0.25, 0.3) is 11.5 Å². The summed E-state index contributed by atoms with van der Waals surface area (Å²) < 4.78 is 37.8. The molecule has 11 heteroatoms. The number of nitrogens with zero attached hydrogens (tertiary/aromatic N) is 4. The lowest BCUT2D eigenvalue weighted by atomic mass is 10.2. The number of nitrogen functional groups attached to an aromatic ring is 1. The van der Waals surface area contributed by atoms with Gasteiger partial charge in [-0.05, 0) is 5.56 Å². The minimum atomic E-state index is -4.67. The zero-order valence-electron chi connectivity index (χ0n) is 10.2. The average molecular weight is 319 g/mol. The summed E-state index contributed by atoms with van der Waals surface area (Å²) in [5, 5.41) is 16.7. The fourth-order valence-corrected chi connectivity index (χ4v) is 2.24. The lowest BCUT2D eigenvalue weighted by molar-refractivity contribution is -0.384. The van der Waals surface area contributed by atoms with Crippen molar-refractivity contribution in [2.45, 2.75) is 17.1 Å². The standard InChI is InChI=1S/C10H8F3N5O2S/c11-10(12,13)8-15-16-9(17(8)14)21-5-6-1-3-7(4-2-6)18(19)20/h1-4H,5,14H2. The van der Waals surface area contributed by atoms with Crippen LogP contribution in [0.25, 0.3) is 0 Å². The fourth-order valence-electron chi connectivity index (χ4n) is 1.43. The normalized spacial score (nSPS) is 11.6. The number of aromatic nitrogens is 3. The molecule has 0 atom stereocenters. The van der Waals surface area contributed by atoms with Gasteiger partial charge in [0.2, 0.25) is 5.16 Å². The van der Waals surface area contributed by atoms with Gasteiger partial charge < -0.3 is 5.84 Å². The highest BCUT2D eigenvalue weighted by molar-refractivity contribution is 7.98. The Balaban J connectivity index is 2.07. The van der Waals surface area contributed by atoms with Crippen LogP contribution in [0, 0.1) is 10.1 Å². The number of halogens is 3. The van der Waals surface area contributed by atoms with E-state index in [1.165, 1.54) is 24.3 Å². The largest absolute Gasteiger partial charge is 0.453 e. The number of nitro benzene ring substituents is 1. The van der Waals surface area contributed by atoms with Gasteiger partial charge in [0.1, 0.15) is 0 Å². The van der Waals surface area contributed by atoms with Gasteiger partial charge in [0, 0.05) is 17.9 Å². The molecule has 0 saturated heterocycles. The maximum Gasteiger partial charge on any atom is 0.453 e. The molecule has 7 nitrogen and oxygen atoms in total. The maximum atomic E-state index is 12.5. The van der Waals surface area contributed by atoms with E-state index >= 15 is 0 Å². The Bertz CT molecular complexity index is 656. The summed E-state index contributed by atoms with van der Waals surface area (Å²) in [5.74, 6) is 4.25. The highest BCUT2D eigenvalue weighted by atomic mass is 32.2. The van der Waals surface area contributed by atoms with Crippen LogP contribution in [-0.2, 0) is 11.9 Å². The van der Waals surface area contributed by atoms with Crippen LogP contribution in [0.5, 0.6) is 0 Å². The van der Waals surface area contributed by atoms with Gasteiger partial charge >= 0.3 is 6.18 Å². The van der Waals surface area contributed by atoms with Crippen LogP contribution in [-0.4, -0.2) is 19.8 Å². The predicted octanol–water partition coefficient (Wildman–Crippen LogP) is 2.21. The third kappa shape index (κ3) is 3.42. The molecule has 1 heterocycles. The number of thioether (sulfide) groups is 1. The van der Waals surface area contributed by atoms with Crippen molar-refractivity contribution in [1.29, 1.82) is 0 Å². The fraction of sp³-hybridized carbons (Fsp3) is 0.200. The zero-order valence-corrected chi connectivity index (χ0v) is 11.1. The quantitative estimate of drug-likeness (QED) is 0.401. The molecule has 0 unspecified atom stereocenters. The SMILES string of the molecule is Nn1c(SCc2ccc([N+](=O)[O-])cc2)nnc1C(F)(F)F. The van der Waals surface area contributed by atoms with Gasteiger partial charge in [-0.1, -0.05) is 23.9 Å². The summed E-state index contributed by atoms with van der Waals surface area (Å²) >= 11 is 0.946. The highest BCUT2D eigenvalue weighted by Gasteiger charge is 2.38. The molecular weight excluding hydrogens is 311 g/mol. The van der Waals surface area contributed by atoms with Gasteiger partial charge in [-0.3, -0.25) is 10.1 Å². The molecule has 112 valence electrons. The minimum Gasteiger partial charge on any atom is -0.335 e. The van der Waals surface area contributed by atoms with Crippen molar-refractivity contribution in [2.75, 3.05) is 5.84 Å². The topological polar surface area (TPSA) is 99.9 Å². The number of alkyl halides is 3. The van der Waals surface area contributed by atoms with E-state index in [0.29, 0.717) is 10.2 Å². The second kappa shape index (κ2) is 5.60. The van der Waals surface area contributed by atoms with Crippen molar-refractivity contribution in [3.05, 3.63) is 45.8 Å². The Labute approximate surface area is 120 Å². The zero-order chi connectivity index (χ0) is 15.6. The summed E-state index contributed by atoms with van der Waals surface area (Å²) in [6, 6.07) is 5.63. The molecule has 0 aliphatic heterocycles. The lowest BCUT2D eigenvalue weighted by Crippen LogP contribution is -2.21. The second-order valence-corrected chi connectivity index (χ2v) is 4.83. The third-order valence-electron chi connectivity index (χ3n) is 2.43. The molecule has 0 saturated carbocycles. The van der Waals surface area contributed by atoms with Crippen LogP contribution in [0.3, 0.4) is 0 Å². The maximum absolute atomic E-state index is 12.5. The number of hydrogen-bond acceptors (Lipinski definition) is 6. The first kappa shape index (κ1) is 15.1. The van der Waals surface area contributed by atoms with Gasteiger partial charge in [0.05, 0.1) is 4.92 Å². The Morgan fingerprint density at radius 2 is 1.90 bits per heavy atom. The molecule has 2 N–H and O–H groups in total. The second-order valence-electron chi connectivity index (χ2n) is 3.89. The van der Waals surface area contributed by atoms with E-state index in [2.05, 4.69) is 10.2 Å². The Morgan fingerprint density at radius 3 is 2.38 bits per heavy atom. The van der Waals surface area contributed by atoms with E-state index < -0.39 is 16.9 Å². The first-order chi connectivity index (χ1) is 9.79. The molecule has 2 rings (SSSR count). The molecule has 0 bridgehead atoms. The summed E-state index contributed by atoms with van der Waals surface area (Å²) in [6.07, 6.45) is -4.67. The highest BCUT2D eigenvalue weighted by Crippen LogP contribution is 2.29. The molecule has 0 radical (unpaired) electrons. The van der Waals surface area contributed by atoms with E-state index in [1.54, 1.807) is 0 Å². The van der Waals surface area contributed by atoms with Gasteiger partial charge in [0.15, 0.2) is 0 Å². The van der Waals surface area contributed by atoms with Crippen LogP contribution >= 0.6 is 11.8 Å².